The zero-order valence-electron chi connectivity index (χ0n) is 15.9. The number of carbonyl (C=O) groups excluding carboxylic acids is 2. The van der Waals surface area contributed by atoms with Crippen molar-refractivity contribution in [1.29, 1.82) is 0 Å². The number of ketones is 1. The van der Waals surface area contributed by atoms with E-state index in [-0.39, 0.29) is 17.7 Å². The second-order valence-corrected chi connectivity index (χ2v) is 7.02. The molecule has 1 saturated heterocycles. The lowest BCUT2D eigenvalue weighted by Gasteiger charge is -2.24. The molecule has 0 radical (unpaired) electrons. The highest BCUT2D eigenvalue weighted by molar-refractivity contribution is 6.46. The van der Waals surface area contributed by atoms with Crippen molar-refractivity contribution in [2.45, 2.75) is 19.5 Å². The third-order valence-corrected chi connectivity index (χ3v) is 5.08. The predicted octanol–water partition coefficient (Wildman–Crippen LogP) is 4.49. The van der Waals surface area contributed by atoms with E-state index in [9.17, 15) is 23.5 Å². The van der Waals surface area contributed by atoms with E-state index >= 15 is 0 Å². The van der Waals surface area contributed by atoms with Gasteiger partial charge < -0.3 is 14.4 Å². The number of benzene rings is 2. The zero-order valence-corrected chi connectivity index (χ0v) is 15.9. The van der Waals surface area contributed by atoms with Gasteiger partial charge in [-0.1, -0.05) is 24.3 Å². The largest absolute Gasteiger partial charge is 0.507 e. The van der Waals surface area contributed by atoms with E-state index in [0.717, 1.165) is 6.07 Å². The standard InChI is InChI=1S/C23H17F2NO4/c1-13-4-5-15(11-18(13)25)21(27)19-20(14-6-8-16(24)9-7-14)26(23(29)22(19)28)12-17-3-2-10-30-17/h2-11,20,27H,12H2,1H3. The first-order chi connectivity index (χ1) is 14.4. The number of aliphatic hydroxyl groups excluding tert-OH is 1. The molecule has 4 rings (SSSR count). The zero-order chi connectivity index (χ0) is 21.4. The van der Waals surface area contributed by atoms with Gasteiger partial charge in [-0.05, 0) is 48.4 Å². The highest BCUT2D eigenvalue weighted by Crippen LogP contribution is 2.40. The van der Waals surface area contributed by atoms with Crippen LogP contribution in [0.2, 0.25) is 0 Å². The summed E-state index contributed by atoms with van der Waals surface area (Å²) < 4.78 is 32.8. The molecule has 1 unspecified atom stereocenters. The van der Waals surface area contributed by atoms with Gasteiger partial charge in [-0.15, -0.1) is 0 Å². The quantitative estimate of drug-likeness (QED) is 0.392. The van der Waals surface area contributed by atoms with Gasteiger partial charge in [-0.3, -0.25) is 9.59 Å². The van der Waals surface area contributed by atoms with Gasteiger partial charge in [0.25, 0.3) is 11.7 Å². The number of aliphatic hydroxyl groups is 1. The minimum absolute atomic E-state index is 0.0291. The molecule has 2 heterocycles. The number of furan rings is 1. The number of Topliss-reactive ketones (excluding diaryl/α,β-unsaturated/α-hetero) is 1. The molecule has 1 atom stereocenters. The maximum absolute atomic E-state index is 14.0. The Hall–Kier alpha value is -3.74. The molecular weight excluding hydrogens is 392 g/mol. The summed E-state index contributed by atoms with van der Waals surface area (Å²) in [6.45, 7) is 1.54. The number of halogens is 2. The Morgan fingerprint density at radius 3 is 2.47 bits per heavy atom. The summed E-state index contributed by atoms with van der Waals surface area (Å²) in [5.41, 5.74) is 0.679. The van der Waals surface area contributed by atoms with Crippen molar-refractivity contribution in [3.05, 3.63) is 101 Å². The number of nitrogens with zero attached hydrogens (tertiary/aromatic N) is 1. The van der Waals surface area contributed by atoms with E-state index in [1.165, 1.54) is 47.6 Å². The fourth-order valence-corrected chi connectivity index (χ4v) is 3.50. The van der Waals surface area contributed by atoms with Gasteiger partial charge in [-0.2, -0.15) is 0 Å². The number of carbonyl (C=O) groups is 2. The van der Waals surface area contributed by atoms with Crippen LogP contribution < -0.4 is 0 Å². The molecule has 1 N–H and O–H groups in total. The van der Waals surface area contributed by atoms with Gasteiger partial charge in [0, 0.05) is 5.56 Å². The first-order valence-corrected chi connectivity index (χ1v) is 9.19. The molecule has 7 heteroatoms. The van der Waals surface area contributed by atoms with E-state index in [1.807, 2.05) is 0 Å². The second kappa shape index (κ2) is 7.59. The van der Waals surface area contributed by atoms with Crippen LogP contribution in [0.5, 0.6) is 0 Å². The summed E-state index contributed by atoms with van der Waals surface area (Å²) >= 11 is 0. The van der Waals surface area contributed by atoms with E-state index in [0.29, 0.717) is 16.9 Å². The van der Waals surface area contributed by atoms with Gasteiger partial charge in [-0.25, -0.2) is 8.78 Å². The maximum atomic E-state index is 14.0. The Morgan fingerprint density at radius 2 is 1.83 bits per heavy atom. The molecule has 0 bridgehead atoms. The second-order valence-electron chi connectivity index (χ2n) is 7.02. The molecule has 5 nitrogen and oxygen atoms in total. The molecule has 0 saturated carbocycles. The summed E-state index contributed by atoms with van der Waals surface area (Å²) in [6, 6.07) is 11.6. The number of aryl methyl sites for hydroxylation is 1. The fraction of sp³-hybridized carbons (Fsp3) is 0.130. The number of amides is 1. The third-order valence-electron chi connectivity index (χ3n) is 5.08. The van der Waals surface area contributed by atoms with Crippen LogP contribution in [0.4, 0.5) is 8.78 Å². The monoisotopic (exact) mass is 409 g/mol. The molecule has 3 aromatic rings. The Morgan fingerprint density at radius 1 is 1.10 bits per heavy atom. The first kappa shape index (κ1) is 19.6. The topological polar surface area (TPSA) is 70.8 Å². The van der Waals surface area contributed by atoms with E-state index in [2.05, 4.69) is 0 Å². The molecular formula is C23H17F2NO4. The average Bonchev–Trinajstić information content (AvgIpc) is 3.33. The average molecular weight is 409 g/mol. The van der Waals surface area contributed by atoms with Crippen LogP contribution in [0.3, 0.4) is 0 Å². The van der Waals surface area contributed by atoms with Crippen molar-refractivity contribution in [3.8, 4) is 0 Å². The Labute approximate surface area is 170 Å². The summed E-state index contributed by atoms with van der Waals surface area (Å²) in [5.74, 6) is -2.84. The van der Waals surface area contributed by atoms with Crippen LogP contribution in [0.25, 0.3) is 5.76 Å². The normalized spacial score (nSPS) is 18.2. The molecule has 1 amide bonds. The molecule has 2 aromatic carbocycles. The maximum Gasteiger partial charge on any atom is 0.296 e. The van der Waals surface area contributed by atoms with Crippen LogP contribution in [0.15, 0.2) is 70.9 Å². The van der Waals surface area contributed by atoms with Gasteiger partial charge in [0.05, 0.1) is 24.4 Å². The van der Waals surface area contributed by atoms with Crippen molar-refractivity contribution >= 4 is 17.4 Å². The Bertz CT molecular complexity index is 1150. The minimum Gasteiger partial charge on any atom is -0.507 e. The molecule has 0 spiro atoms. The lowest BCUT2D eigenvalue weighted by molar-refractivity contribution is -0.140. The van der Waals surface area contributed by atoms with Crippen LogP contribution in [-0.2, 0) is 16.1 Å². The molecule has 30 heavy (non-hydrogen) atoms. The van der Waals surface area contributed by atoms with Crippen molar-refractivity contribution in [2.75, 3.05) is 0 Å². The smallest absolute Gasteiger partial charge is 0.296 e. The summed E-state index contributed by atoms with van der Waals surface area (Å²) in [5, 5.41) is 10.9. The highest BCUT2D eigenvalue weighted by Gasteiger charge is 2.46. The van der Waals surface area contributed by atoms with E-state index in [1.54, 1.807) is 19.1 Å². The van der Waals surface area contributed by atoms with E-state index in [4.69, 9.17) is 4.42 Å². The molecule has 1 aliphatic rings. The van der Waals surface area contributed by atoms with Gasteiger partial charge in [0.1, 0.15) is 23.2 Å². The van der Waals surface area contributed by atoms with Gasteiger partial charge >= 0.3 is 0 Å². The molecule has 1 aliphatic heterocycles. The summed E-state index contributed by atoms with van der Waals surface area (Å²) in [7, 11) is 0. The Kier molecular flexibility index (Phi) is 4.95. The Balaban J connectivity index is 1.87. The predicted molar refractivity (Wildman–Crippen MR) is 104 cm³/mol. The SMILES string of the molecule is Cc1ccc(C(O)=C2C(=O)C(=O)N(Cc3ccco3)C2c2ccc(F)cc2)cc1F. The number of rotatable bonds is 4. The fourth-order valence-electron chi connectivity index (χ4n) is 3.50. The molecule has 0 aliphatic carbocycles. The summed E-state index contributed by atoms with van der Waals surface area (Å²) in [4.78, 5) is 26.9. The number of hydrogen-bond donors (Lipinski definition) is 1. The highest BCUT2D eigenvalue weighted by atomic mass is 19.1. The lowest BCUT2D eigenvalue weighted by Crippen LogP contribution is -2.29. The van der Waals surface area contributed by atoms with Crippen LogP contribution in [-0.4, -0.2) is 21.7 Å². The van der Waals surface area contributed by atoms with Crippen molar-refractivity contribution in [1.82, 2.24) is 4.90 Å². The van der Waals surface area contributed by atoms with Crippen LogP contribution >= 0.6 is 0 Å². The van der Waals surface area contributed by atoms with Crippen molar-refractivity contribution < 1.29 is 27.9 Å². The van der Waals surface area contributed by atoms with Crippen LogP contribution in [0, 0.1) is 18.6 Å². The van der Waals surface area contributed by atoms with Crippen molar-refractivity contribution in [3.63, 3.8) is 0 Å². The number of likely N-dealkylation sites (tertiary alicyclic amines) is 1. The lowest BCUT2D eigenvalue weighted by atomic mass is 9.95. The van der Waals surface area contributed by atoms with Crippen molar-refractivity contribution in [2.24, 2.45) is 0 Å². The molecule has 1 fully saturated rings. The molecule has 1 aromatic heterocycles. The van der Waals surface area contributed by atoms with E-state index < -0.39 is 35.1 Å². The van der Waals surface area contributed by atoms with Crippen LogP contribution in [0.1, 0.15) is 28.5 Å². The molecule has 152 valence electrons. The van der Waals surface area contributed by atoms with Gasteiger partial charge in [0.15, 0.2) is 0 Å². The minimum atomic E-state index is -0.986. The summed E-state index contributed by atoms with van der Waals surface area (Å²) in [6.07, 6.45) is 1.44. The number of hydrogen-bond acceptors (Lipinski definition) is 4. The first-order valence-electron chi connectivity index (χ1n) is 9.19. The third kappa shape index (κ3) is 3.39. The van der Waals surface area contributed by atoms with Gasteiger partial charge in [0.2, 0.25) is 0 Å².